The van der Waals surface area contributed by atoms with Gasteiger partial charge < -0.3 is 46.2 Å². The van der Waals surface area contributed by atoms with Crippen molar-refractivity contribution in [2.24, 2.45) is 35.3 Å². The van der Waals surface area contributed by atoms with Gasteiger partial charge in [-0.2, -0.15) is 0 Å². The number of unbranched alkanes of at least 4 members (excludes halogenated alkanes) is 2. The highest BCUT2D eigenvalue weighted by Crippen LogP contribution is 2.33. The lowest BCUT2D eigenvalue weighted by atomic mass is 9.78. The highest BCUT2D eigenvalue weighted by molar-refractivity contribution is 5.81. The number of carbonyl (C=O) groups excluding carboxylic acids is 2. The van der Waals surface area contributed by atoms with E-state index in [1.807, 2.05) is 27.7 Å². The Morgan fingerprint density at radius 1 is 0.604 bits per heavy atom. The SMILES string of the molecule is CCCCC(C)C(OC(=O)CC(CC(=O)O)CC(=O)O)C(CC(=O)CC(CC(=O)O)CC(=O)O)CC(C)CC(O)CCCCC(O)CC(O)C(N)CC. The molecule has 0 fully saturated rings. The summed E-state index contributed by atoms with van der Waals surface area (Å²) in [4.78, 5) is 72.3. The number of Topliss-reactive ketones (excluding diaryl/α,β-unsaturated/α-hetero) is 1. The van der Waals surface area contributed by atoms with Crippen LogP contribution in [0, 0.1) is 29.6 Å². The Kier molecular flexibility index (Phi) is 25.8. The summed E-state index contributed by atoms with van der Waals surface area (Å²) in [5, 5.41) is 68.4. The summed E-state index contributed by atoms with van der Waals surface area (Å²) in [7, 11) is 0. The van der Waals surface area contributed by atoms with E-state index in [0.29, 0.717) is 51.4 Å². The van der Waals surface area contributed by atoms with Gasteiger partial charge in [0.15, 0.2) is 0 Å². The summed E-state index contributed by atoms with van der Waals surface area (Å²) in [6.07, 6.45) is -0.509. The molecule has 308 valence electrons. The van der Waals surface area contributed by atoms with Crippen LogP contribution in [0.2, 0.25) is 0 Å². The Labute approximate surface area is 313 Å². The molecule has 53 heavy (non-hydrogen) atoms. The van der Waals surface area contributed by atoms with Crippen LogP contribution >= 0.6 is 0 Å². The lowest BCUT2D eigenvalue weighted by molar-refractivity contribution is -0.159. The smallest absolute Gasteiger partial charge is 0.306 e. The van der Waals surface area contributed by atoms with E-state index in [1.54, 1.807) is 0 Å². The van der Waals surface area contributed by atoms with Crippen molar-refractivity contribution in [1.29, 1.82) is 0 Å². The predicted molar refractivity (Wildman–Crippen MR) is 195 cm³/mol. The van der Waals surface area contributed by atoms with Crippen LogP contribution in [0.3, 0.4) is 0 Å². The van der Waals surface area contributed by atoms with Crippen LogP contribution in [0.5, 0.6) is 0 Å². The van der Waals surface area contributed by atoms with Crippen LogP contribution in [0.15, 0.2) is 0 Å². The fourth-order valence-corrected chi connectivity index (χ4v) is 7.05. The molecule has 0 radical (unpaired) electrons. The number of rotatable bonds is 33. The van der Waals surface area contributed by atoms with E-state index in [0.717, 1.165) is 12.8 Å². The topological polar surface area (TPSA) is 279 Å². The number of aliphatic hydroxyl groups is 3. The molecule has 0 spiro atoms. The Balaban J connectivity index is 6.04. The molecule has 0 aromatic carbocycles. The van der Waals surface area contributed by atoms with Gasteiger partial charge in [-0.3, -0.25) is 28.8 Å². The number of hydrogen-bond donors (Lipinski definition) is 8. The number of nitrogens with two attached hydrogens (primary N) is 1. The minimum Gasteiger partial charge on any atom is -0.481 e. The first-order valence-corrected chi connectivity index (χ1v) is 19.2. The largest absolute Gasteiger partial charge is 0.481 e. The fourth-order valence-electron chi connectivity index (χ4n) is 7.05. The average molecular weight is 762 g/mol. The molecular formula is C38H67NO14. The van der Waals surface area contributed by atoms with Gasteiger partial charge in [-0.15, -0.1) is 0 Å². The average Bonchev–Trinajstić information content (AvgIpc) is 3.02. The standard InChI is InChI=1S/C38H67NO14/c1-5-7-10-24(4)38(53-37(52)20-26(18-35(48)49)19-36(50)51)27(21-30(42)15-25(16-33(44)45)17-34(46)47)13-23(3)14-28(40)11-8-9-12-29(41)22-32(43)31(39)6-2/h23-29,31-32,38,40-41,43H,5-22,39H2,1-4H3,(H,44,45)(H,46,47)(H,48,49)(H,50,51). The molecule has 15 heteroatoms. The minimum absolute atomic E-state index is 0.163. The third-order valence-electron chi connectivity index (χ3n) is 9.80. The lowest BCUT2D eigenvalue weighted by Crippen LogP contribution is -2.36. The van der Waals surface area contributed by atoms with Gasteiger partial charge in [-0.25, -0.2) is 0 Å². The number of aliphatic hydroxyl groups excluding tert-OH is 3. The van der Waals surface area contributed by atoms with Crippen molar-refractivity contribution in [2.75, 3.05) is 0 Å². The molecule has 0 rings (SSSR count). The molecule has 0 aliphatic carbocycles. The van der Waals surface area contributed by atoms with Crippen LogP contribution in [-0.2, 0) is 33.5 Å². The number of carboxylic acid groups (broad SMARTS) is 4. The van der Waals surface area contributed by atoms with Crippen molar-refractivity contribution < 1.29 is 69.2 Å². The number of hydrogen-bond acceptors (Lipinski definition) is 11. The normalized spacial score (nSPS) is 16.3. The molecule has 8 atom stereocenters. The Morgan fingerprint density at radius 3 is 1.53 bits per heavy atom. The second kappa shape index (κ2) is 27.4. The van der Waals surface area contributed by atoms with E-state index >= 15 is 0 Å². The molecule has 0 aromatic rings. The molecule has 0 aliphatic rings. The molecule has 0 aliphatic heterocycles. The van der Waals surface area contributed by atoms with Gasteiger partial charge >= 0.3 is 29.8 Å². The van der Waals surface area contributed by atoms with E-state index in [4.69, 9.17) is 10.5 Å². The molecule has 8 unspecified atom stereocenters. The van der Waals surface area contributed by atoms with Gasteiger partial charge in [0.2, 0.25) is 0 Å². The van der Waals surface area contributed by atoms with E-state index in [-0.39, 0.29) is 31.1 Å². The first-order chi connectivity index (χ1) is 24.8. The maximum atomic E-state index is 13.5. The zero-order valence-corrected chi connectivity index (χ0v) is 32.1. The maximum Gasteiger partial charge on any atom is 0.306 e. The summed E-state index contributed by atoms with van der Waals surface area (Å²) in [6.45, 7) is 7.58. The summed E-state index contributed by atoms with van der Waals surface area (Å²) in [5.41, 5.74) is 5.83. The van der Waals surface area contributed by atoms with Crippen molar-refractivity contribution in [3.05, 3.63) is 0 Å². The van der Waals surface area contributed by atoms with E-state index in [2.05, 4.69) is 0 Å². The summed E-state index contributed by atoms with van der Waals surface area (Å²) >= 11 is 0. The van der Waals surface area contributed by atoms with Crippen LogP contribution < -0.4 is 5.73 Å². The van der Waals surface area contributed by atoms with Crippen molar-refractivity contribution in [3.8, 4) is 0 Å². The van der Waals surface area contributed by atoms with Crippen LogP contribution in [0.25, 0.3) is 0 Å². The quantitative estimate of drug-likeness (QED) is 0.0340. The molecule has 0 aromatic heterocycles. The van der Waals surface area contributed by atoms with Crippen LogP contribution in [0.1, 0.15) is 143 Å². The summed E-state index contributed by atoms with van der Waals surface area (Å²) in [5.74, 6) is -9.30. The van der Waals surface area contributed by atoms with Gasteiger partial charge in [0, 0.05) is 63.3 Å². The first-order valence-electron chi connectivity index (χ1n) is 19.2. The predicted octanol–water partition coefficient (Wildman–Crippen LogP) is 4.40. The summed E-state index contributed by atoms with van der Waals surface area (Å²) < 4.78 is 5.98. The van der Waals surface area contributed by atoms with E-state index in [9.17, 15) is 64.5 Å². The van der Waals surface area contributed by atoms with Crippen LogP contribution in [0.4, 0.5) is 0 Å². The number of esters is 1. The molecule has 0 saturated heterocycles. The monoisotopic (exact) mass is 761 g/mol. The molecule has 9 N–H and O–H groups in total. The zero-order valence-electron chi connectivity index (χ0n) is 32.1. The zero-order chi connectivity index (χ0) is 40.7. The highest BCUT2D eigenvalue weighted by Gasteiger charge is 2.35. The molecule has 0 amide bonds. The van der Waals surface area contributed by atoms with Crippen molar-refractivity contribution >= 4 is 35.6 Å². The first kappa shape index (κ1) is 49.9. The second-order valence-electron chi connectivity index (χ2n) is 15.2. The number of aliphatic carboxylic acids is 4. The van der Waals surface area contributed by atoms with Crippen molar-refractivity contribution in [1.82, 2.24) is 0 Å². The number of carboxylic acids is 4. The molecule has 15 nitrogen and oxygen atoms in total. The molecule has 0 heterocycles. The Hall–Kier alpha value is -3.14. The fraction of sp³-hybridized carbons (Fsp3) is 0.842. The third-order valence-corrected chi connectivity index (χ3v) is 9.80. The number of ether oxygens (including phenoxy) is 1. The maximum absolute atomic E-state index is 13.5. The van der Waals surface area contributed by atoms with Gasteiger partial charge in [-0.1, -0.05) is 53.4 Å². The number of ketones is 1. The van der Waals surface area contributed by atoms with Gasteiger partial charge in [-0.05, 0) is 62.2 Å². The highest BCUT2D eigenvalue weighted by atomic mass is 16.5. The molecule has 0 saturated carbocycles. The number of carbonyl (C=O) groups is 6. The van der Waals surface area contributed by atoms with Gasteiger partial charge in [0.05, 0.1) is 18.3 Å². The molecule has 0 bridgehead atoms. The van der Waals surface area contributed by atoms with E-state index < -0.39 is 116 Å². The van der Waals surface area contributed by atoms with E-state index in [1.165, 1.54) is 0 Å². The molecular weight excluding hydrogens is 694 g/mol. The van der Waals surface area contributed by atoms with Crippen molar-refractivity contribution in [2.45, 2.75) is 174 Å². The van der Waals surface area contributed by atoms with Gasteiger partial charge in [0.1, 0.15) is 11.9 Å². The van der Waals surface area contributed by atoms with Crippen molar-refractivity contribution in [3.63, 3.8) is 0 Å². The lowest BCUT2D eigenvalue weighted by Gasteiger charge is -2.34. The van der Waals surface area contributed by atoms with Crippen LogP contribution in [-0.4, -0.2) is 102 Å². The Morgan fingerprint density at radius 2 is 1.08 bits per heavy atom. The minimum atomic E-state index is -1.27. The second-order valence-corrected chi connectivity index (χ2v) is 15.2. The summed E-state index contributed by atoms with van der Waals surface area (Å²) in [6, 6.07) is -0.411. The van der Waals surface area contributed by atoms with Gasteiger partial charge in [0.25, 0.3) is 0 Å². The Bertz CT molecular complexity index is 1080. The third kappa shape index (κ3) is 24.7.